The van der Waals surface area contributed by atoms with Crippen molar-refractivity contribution < 1.29 is 0 Å². The first kappa shape index (κ1) is 36.7. The molecule has 0 saturated carbocycles. The quantitative estimate of drug-likeness (QED) is 0.123. The minimum absolute atomic E-state index is 0.560. The molecule has 0 bridgehead atoms. The summed E-state index contributed by atoms with van der Waals surface area (Å²) in [5, 5.41) is 15.3. The predicted molar refractivity (Wildman–Crippen MR) is 284 cm³/mol. The third-order valence-corrected chi connectivity index (χ3v) is 15.4. The van der Waals surface area contributed by atoms with E-state index < -0.39 is 5.41 Å². The predicted octanol–water partition coefficient (Wildman–Crippen LogP) is 18.0. The standard InChI is InChI=1S/C67H40/c1-2-19-42-38-44(37-36-41(42)18-1)43-20-17-21-45(39-43)62-53-29-8-10-31-55(53)63(56-32-11-9-30-54(56)62)58-40-61-64(51-27-6-4-24-48(51)58)65-52-28-7-3-22-46(52)47-23-5-12-33-57(47)66(65)67(61)59-34-15-13-25-49(59)50-26-14-16-35-60(50)67/h1-40H. The second-order valence-electron chi connectivity index (χ2n) is 18.6. The summed E-state index contributed by atoms with van der Waals surface area (Å²) < 4.78 is 0. The van der Waals surface area contributed by atoms with Crippen LogP contribution in [0.25, 0.3) is 120 Å². The van der Waals surface area contributed by atoms with Crippen molar-refractivity contribution in [1.29, 1.82) is 0 Å². The summed E-state index contributed by atoms with van der Waals surface area (Å²) in [6, 6.07) is 91.6. The molecule has 0 aromatic heterocycles. The van der Waals surface area contributed by atoms with Crippen molar-refractivity contribution in [2.75, 3.05) is 0 Å². The number of benzene rings is 13. The molecule has 0 nitrogen and oxygen atoms in total. The highest BCUT2D eigenvalue weighted by molar-refractivity contribution is 6.27. The van der Waals surface area contributed by atoms with Crippen LogP contribution in [0.5, 0.6) is 0 Å². The zero-order valence-electron chi connectivity index (χ0n) is 36.6. The molecule has 0 N–H and O–H groups in total. The maximum Gasteiger partial charge on any atom is 0.0732 e. The van der Waals surface area contributed by atoms with Crippen LogP contribution < -0.4 is 0 Å². The molecule has 0 amide bonds. The third-order valence-electron chi connectivity index (χ3n) is 15.4. The van der Waals surface area contributed by atoms with Crippen molar-refractivity contribution in [2.24, 2.45) is 0 Å². The van der Waals surface area contributed by atoms with Crippen molar-refractivity contribution in [3.05, 3.63) is 265 Å². The van der Waals surface area contributed by atoms with Crippen LogP contribution in [0.15, 0.2) is 243 Å². The Balaban J connectivity index is 1.08. The zero-order chi connectivity index (χ0) is 43.8. The summed E-state index contributed by atoms with van der Waals surface area (Å²) in [5.74, 6) is 0. The fourth-order valence-corrected chi connectivity index (χ4v) is 12.8. The summed E-state index contributed by atoms with van der Waals surface area (Å²) in [5.41, 5.74) is 17.7. The van der Waals surface area contributed by atoms with Crippen LogP contribution in [-0.2, 0) is 5.41 Å². The van der Waals surface area contributed by atoms with Gasteiger partial charge in [0, 0.05) is 0 Å². The first-order valence-corrected chi connectivity index (χ1v) is 23.5. The fraction of sp³-hybridized carbons (Fsp3) is 0.0149. The largest absolute Gasteiger partial charge is 0.0732 e. The Morgan fingerprint density at radius 3 is 1.30 bits per heavy atom. The first-order valence-electron chi connectivity index (χ1n) is 23.5. The molecule has 13 aromatic carbocycles. The van der Waals surface area contributed by atoms with Gasteiger partial charge in [0.1, 0.15) is 0 Å². The van der Waals surface area contributed by atoms with E-state index in [2.05, 4.69) is 243 Å². The molecule has 0 radical (unpaired) electrons. The summed E-state index contributed by atoms with van der Waals surface area (Å²) in [7, 11) is 0. The Hall–Kier alpha value is -8.58. The van der Waals surface area contributed by atoms with Crippen LogP contribution in [0.4, 0.5) is 0 Å². The zero-order valence-corrected chi connectivity index (χ0v) is 36.6. The molecule has 2 aliphatic rings. The molecule has 0 aliphatic heterocycles. The summed E-state index contributed by atoms with van der Waals surface area (Å²) >= 11 is 0. The minimum atomic E-state index is -0.560. The highest BCUT2D eigenvalue weighted by Crippen LogP contribution is 2.67. The van der Waals surface area contributed by atoms with Crippen molar-refractivity contribution >= 4 is 64.6 Å². The maximum absolute atomic E-state index is 2.63. The van der Waals surface area contributed by atoms with E-state index in [0.717, 1.165) is 0 Å². The SMILES string of the molecule is c1cc(-c2ccc3ccccc3c2)cc(-c2c3ccccc3c(-c3cc4c(c5ccccc35)-c3c(c5ccccc5c5ccccc35)C43c4ccccc4-c4ccccc43)c3ccccc23)c1. The van der Waals surface area contributed by atoms with Gasteiger partial charge in [-0.2, -0.15) is 0 Å². The van der Waals surface area contributed by atoms with Gasteiger partial charge < -0.3 is 0 Å². The van der Waals surface area contributed by atoms with Gasteiger partial charge in [0.15, 0.2) is 0 Å². The lowest BCUT2D eigenvalue weighted by Gasteiger charge is -2.32. The van der Waals surface area contributed by atoms with Crippen LogP contribution in [0, 0.1) is 0 Å². The van der Waals surface area contributed by atoms with Crippen molar-refractivity contribution in [3.8, 4) is 55.6 Å². The number of hydrogen-bond acceptors (Lipinski definition) is 0. The lowest BCUT2D eigenvalue weighted by atomic mass is 9.68. The van der Waals surface area contributed by atoms with E-state index in [1.165, 1.54) is 143 Å². The number of fused-ring (bicyclic) bond motifs is 20. The smallest absolute Gasteiger partial charge is 0.0619 e. The molecule has 0 unspecified atom stereocenters. The van der Waals surface area contributed by atoms with E-state index in [1.807, 2.05) is 0 Å². The van der Waals surface area contributed by atoms with Crippen LogP contribution in [0.2, 0.25) is 0 Å². The molecule has 308 valence electrons. The average molecular weight is 845 g/mol. The molecule has 15 rings (SSSR count). The lowest BCUT2D eigenvalue weighted by Crippen LogP contribution is -2.26. The number of hydrogen-bond donors (Lipinski definition) is 0. The van der Waals surface area contributed by atoms with E-state index in [0.29, 0.717) is 0 Å². The van der Waals surface area contributed by atoms with Crippen LogP contribution in [0.3, 0.4) is 0 Å². The van der Waals surface area contributed by atoms with E-state index in [-0.39, 0.29) is 0 Å². The first-order chi connectivity index (χ1) is 33.3. The van der Waals surface area contributed by atoms with E-state index in [9.17, 15) is 0 Å². The number of rotatable bonds is 3. The molecule has 0 saturated heterocycles. The molecule has 1 spiro atoms. The molecule has 0 heterocycles. The van der Waals surface area contributed by atoms with Gasteiger partial charge >= 0.3 is 0 Å². The van der Waals surface area contributed by atoms with E-state index in [1.54, 1.807) is 0 Å². The van der Waals surface area contributed by atoms with Gasteiger partial charge in [-0.05, 0) is 161 Å². The summed E-state index contributed by atoms with van der Waals surface area (Å²) in [6.07, 6.45) is 0. The molecule has 2 aliphatic carbocycles. The highest BCUT2D eigenvalue weighted by atomic mass is 14.5. The van der Waals surface area contributed by atoms with Gasteiger partial charge in [-0.25, -0.2) is 0 Å². The van der Waals surface area contributed by atoms with Crippen molar-refractivity contribution in [3.63, 3.8) is 0 Å². The third kappa shape index (κ3) is 4.86. The Labute approximate surface area is 388 Å². The highest BCUT2D eigenvalue weighted by Gasteiger charge is 2.53. The maximum atomic E-state index is 2.63. The van der Waals surface area contributed by atoms with Gasteiger partial charge in [0.2, 0.25) is 0 Å². The van der Waals surface area contributed by atoms with Gasteiger partial charge in [0.05, 0.1) is 5.41 Å². The Bertz CT molecular complexity index is 4180. The van der Waals surface area contributed by atoms with Gasteiger partial charge in [-0.15, -0.1) is 0 Å². The fourth-order valence-electron chi connectivity index (χ4n) is 12.8. The Morgan fingerprint density at radius 1 is 0.209 bits per heavy atom. The van der Waals surface area contributed by atoms with Crippen LogP contribution in [0.1, 0.15) is 22.3 Å². The van der Waals surface area contributed by atoms with Gasteiger partial charge in [0.25, 0.3) is 0 Å². The average Bonchev–Trinajstić information content (AvgIpc) is 3.88. The molecule has 13 aromatic rings. The van der Waals surface area contributed by atoms with Gasteiger partial charge in [-0.3, -0.25) is 0 Å². The molecule has 67 heavy (non-hydrogen) atoms. The monoisotopic (exact) mass is 844 g/mol. The lowest BCUT2D eigenvalue weighted by molar-refractivity contribution is 0.803. The molecule has 0 heteroatoms. The molecule has 0 fully saturated rings. The second-order valence-corrected chi connectivity index (χ2v) is 18.6. The molecular weight excluding hydrogens is 805 g/mol. The van der Waals surface area contributed by atoms with Crippen LogP contribution in [-0.4, -0.2) is 0 Å². The molecule has 0 atom stereocenters. The minimum Gasteiger partial charge on any atom is -0.0619 e. The van der Waals surface area contributed by atoms with E-state index in [4.69, 9.17) is 0 Å². The van der Waals surface area contributed by atoms with Gasteiger partial charge in [-0.1, -0.05) is 224 Å². The summed E-state index contributed by atoms with van der Waals surface area (Å²) in [6.45, 7) is 0. The van der Waals surface area contributed by atoms with E-state index >= 15 is 0 Å². The Morgan fingerprint density at radius 2 is 0.657 bits per heavy atom. The van der Waals surface area contributed by atoms with Crippen LogP contribution >= 0.6 is 0 Å². The Kier molecular flexibility index (Phi) is 7.52. The topological polar surface area (TPSA) is 0 Å². The van der Waals surface area contributed by atoms with Crippen molar-refractivity contribution in [2.45, 2.75) is 5.41 Å². The van der Waals surface area contributed by atoms with Crippen molar-refractivity contribution in [1.82, 2.24) is 0 Å². The molecular formula is C67H40. The second kappa shape index (κ2) is 13.7. The normalized spacial score (nSPS) is 13.2. The summed E-state index contributed by atoms with van der Waals surface area (Å²) in [4.78, 5) is 0.